The molecule has 30 heavy (non-hydrogen) atoms. The minimum atomic E-state index is -0.951. The van der Waals surface area contributed by atoms with Crippen LogP contribution in [0.1, 0.15) is 27.4 Å². The van der Waals surface area contributed by atoms with E-state index in [1.165, 1.54) is 6.08 Å². The van der Waals surface area contributed by atoms with E-state index in [9.17, 15) is 9.59 Å². The van der Waals surface area contributed by atoms with Crippen LogP contribution in [0.25, 0.3) is 6.08 Å². The molecule has 2 aromatic heterocycles. The fourth-order valence-corrected chi connectivity index (χ4v) is 4.51. The highest BCUT2D eigenvalue weighted by Gasteiger charge is 2.55. The first-order chi connectivity index (χ1) is 14.6. The number of furan rings is 1. The lowest BCUT2D eigenvalue weighted by Gasteiger charge is -2.46. The van der Waals surface area contributed by atoms with Crippen molar-refractivity contribution in [2.45, 2.75) is 12.1 Å². The van der Waals surface area contributed by atoms with Crippen LogP contribution in [-0.4, -0.2) is 39.7 Å². The molecule has 1 fully saturated rings. The number of halogens is 1. The molecular weight excluding hydrogens is 402 g/mol. The number of carbonyl (C=O) groups excluding carboxylic acids is 2. The van der Waals surface area contributed by atoms with Crippen LogP contribution < -0.4 is 0 Å². The summed E-state index contributed by atoms with van der Waals surface area (Å²) < 4.78 is 5.29. The highest BCUT2D eigenvalue weighted by atomic mass is 35.5. The monoisotopic (exact) mass is 419 g/mol. The maximum Gasteiger partial charge on any atom is 0.257 e. The first-order valence-electron chi connectivity index (χ1n) is 9.65. The predicted molar refractivity (Wildman–Crippen MR) is 112 cm³/mol. The van der Waals surface area contributed by atoms with Crippen molar-refractivity contribution in [2.24, 2.45) is 0 Å². The fraction of sp³-hybridized carbons (Fsp3) is 0.174. The van der Waals surface area contributed by atoms with Gasteiger partial charge in [0.05, 0.1) is 17.5 Å². The first-order valence-corrected chi connectivity index (χ1v) is 10.0. The molecule has 0 bridgehead atoms. The second kappa shape index (κ2) is 7.15. The highest BCUT2D eigenvalue weighted by Crippen LogP contribution is 2.44. The summed E-state index contributed by atoms with van der Waals surface area (Å²) in [5, 5.41) is 0.593. The highest BCUT2D eigenvalue weighted by molar-refractivity contribution is 6.30. The van der Waals surface area contributed by atoms with Crippen molar-refractivity contribution < 1.29 is 14.0 Å². The maximum atomic E-state index is 13.3. The SMILES string of the molecule is O=C(C=Cc1ccco1)N1CCN2C(=O)c3cccnc3CC12c1ccc(Cl)cc1. The van der Waals surface area contributed by atoms with E-state index in [-0.39, 0.29) is 11.8 Å². The minimum absolute atomic E-state index is 0.121. The summed E-state index contributed by atoms with van der Waals surface area (Å²) in [4.78, 5) is 34.6. The molecule has 0 spiro atoms. The van der Waals surface area contributed by atoms with Crippen molar-refractivity contribution in [3.8, 4) is 0 Å². The van der Waals surface area contributed by atoms with E-state index in [4.69, 9.17) is 16.0 Å². The molecule has 5 rings (SSSR count). The van der Waals surface area contributed by atoms with Crippen molar-refractivity contribution in [1.29, 1.82) is 0 Å². The average molecular weight is 420 g/mol. The van der Waals surface area contributed by atoms with Gasteiger partial charge in [-0.25, -0.2) is 0 Å². The number of aromatic nitrogens is 1. The number of amides is 2. The zero-order valence-electron chi connectivity index (χ0n) is 16.0. The summed E-state index contributed by atoms with van der Waals surface area (Å²) in [6, 6.07) is 14.4. The molecule has 1 saturated heterocycles. The molecule has 7 heteroatoms. The van der Waals surface area contributed by atoms with E-state index in [0.717, 1.165) is 5.56 Å². The van der Waals surface area contributed by atoms with Crippen LogP contribution in [0, 0.1) is 0 Å². The average Bonchev–Trinajstić information content (AvgIpc) is 3.41. The third-order valence-corrected chi connectivity index (χ3v) is 5.98. The van der Waals surface area contributed by atoms with Crippen LogP contribution in [0.5, 0.6) is 0 Å². The Morgan fingerprint density at radius 3 is 2.73 bits per heavy atom. The van der Waals surface area contributed by atoms with Crippen LogP contribution in [0.4, 0.5) is 0 Å². The summed E-state index contributed by atoms with van der Waals surface area (Å²) in [6.45, 7) is 0.861. The zero-order valence-corrected chi connectivity index (χ0v) is 16.7. The molecule has 0 saturated carbocycles. The van der Waals surface area contributed by atoms with Gasteiger partial charge in [-0.15, -0.1) is 0 Å². The molecule has 6 nitrogen and oxygen atoms in total. The largest absolute Gasteiger partial charge is 0.465 e. The molecule has 0 N–H and O–H groups in total. The molecule has 4 heterocycles. The number of benzene rings is 1. The Labute approximate surface area is 178 Å². The Balaban J connectivity index is 1.62. The summed E-state index contributed by atoms with van der Waals surface area (Å²) in [6.07, 6.45) is 6.77. The van der Waals surface area contributed by atoms with Gasteiger partial charge >= 0.3 is 0 Å². The van der Waals surface area contributed by atoms with Crippen molar-refractivity contribution in [2.75, 3.05) is 13.1 Å². The van der Waals surface area contributed by atoms with Crippen LogP contribution in [0.2, 0.25) is 5.02 Å². The van der Waals surface area contributed by atoms with Crippen molar-refractivity contribution in [3.63, 3.8) is 0 Å². The van der Waals surface area contributed by atoms with Crippen LogP contribution in [0.15, 0.2) is 71.5 Å². The number of rotatable bonds is 3. The number of fused-ring (bicyclic) bond motifs is 2. The van der Waals surface area contributed by atoms with Gasteiger partial charge in [-0.1, -0.05) is 23.7 Å². The minimum Gasteiger partial charge on any atom is -0.465 e. The fourth-order valence-electron chi connectivity index (χ4n) is 4.38. The number of nitrogens with zero attached hydrogens (tertiary/aromatic N) is 3. The Morgan fingerprint density at radius 1 is 1.13 bits per heavy atom. The van der Waals surface area contributed by atoms with Gasteiger partial charge in [0, 0.05) is 36.8 Å². The first kappa shape index (κ1) is 18.6. The smallest absolute Gasteiger partial charge is 0.257 e. The lowest BCUT2D eigenvalue weighted by molar-refractivity contribution is -0.134. The predicted octanol–water partition coefficient (Wildman–Crippen LogP) is 3.73. The molecule has 2 amide bonds. The maximum absolute atomic E-state index is 13.3. The van der Waals surface area contributed by atoms with Crippen molar-refractivity contribution >= 4 is 29.5 Å². The second-order valence-electron chi connectivity index (χ2n) is 7.29. The summed E-state index contributed by atoms with van der Waals surface area (Å²) in [7, 11) is 0. The molecule has 0 radical (unpaired) electrons. The molecule has 2 aliphatic heterocycles. The molecule has 1 atom stereocenters. The van der Waals surface area contributed by atoms with Crippen LogP contribution >= 0.6 is 11.6 Å². The summed E-state index contributed by atoms with van der Waals surface area (Å²) in [5.74, 6) is 0.271. The van der Waals surface area contributed by atoms with Gasteiger partial charge in [0.15, 0.2) is 0 Å². The Hall–Kier alpha value is -3.38. The van der Waals surface area contributed by atoms with Crippen LogP contribution in [0.3, 0.4) is 0 Å². The Morgan fingerprint density at radius 2 is 1.97 bits per heavy atom. The van der Waals surface area contributed by atoms with E-state index in [0.29, 0.717) is 41.6 Å². The number of hydrogen-bond donors (Lipinski definition) is 0. The third-order valence-electron chi connectivity index (χ3n) is 5.73. The molecule has 3 aromatic rings. The topological polar surface area (TPSA) is 66.7 Å². The molecular formula is C23H18ClN3O3. The summed E-state index contributed by atoms with van der Waals surface area (Å²) >= 11 is 6.11. The van der Waals surface area contributed by atoms with Gasteiger partial charge in [-0.2, -0.15) is 0 Å². The number of pyridine rings is 1. The van der Waals surface area contributed by atoms with E-state index >= 15 is 0 Å². The molecule has 2 aliphatic rings. The van der Waals surface area contributed by atoms with Crippen molar-refractivity contribution in [1.82, 2.24) is 14.8 Å². The summed E-state index contributed by atoms with van der Waals surface area (Å²) in [5.41, 5.74) is 1.15. The molecule has 1 aromatic carbocycles. The Bertz CT molecular complexity index is 1140. The van der Waals surface area contributed by atoms with E-state index < -0.39 is 5.66 Å². The van der Waals surface area contributed by atoms with E-state index in [1.54, 1.807) is 64.7 Å². The van der Waals surface area contributed by atoms with Gasteiger partial charge in [0.1, 0.15) is 11.4 Å². The van der Waals surface area contributed by atoms with Crippen LogP contribution in [-0.2, 0) is 16.9 Å². The van der Waals surface area contributed by atoms with Gasteiger partial charge in [-0.3, -0.25) is 14.6 Å². The van der Waals surface area contributed by atoms with Crippen molar-refractivity contribution in [3.05, 3.63) is 94.7 Å². The third kappa shape index (κ3) is 2.83. The quantitative estimate of drug-likeness (QED) is 0.606. The van der Waals surface area contributed by atoms with E-state index in [1.807, 2.05) is 12.1 Å². The lowest BCUT2D eigenvalue weighted by atomic mass is 9.86. The molecule has 150 valence electrons. The number of hydrogen-bond acceptors (Lipinski definition) is 4. The second-order valence-corrected chi connectivity index (χ2v) is 7.73. The number of carbonyl (C=O) groups is 2. The Kier molecular flexibility index (Phi) is 4.44. The van der Waals surface area contributed by atoms with Gasteiger partial charge in [0.25, 0.3) is 5.91 Å². The standard InChI is InChI=1S/C23H18ClN3O3/c24-17-7-5-16(6-8-17)23-15-20-19(4-1-11-25-20)22(29)27(23)13-12-26(23)21(28)10-9-18-3-2-14-30-18/h1-11,14H,12-13,15H2. The van der Waals surface area contributed by atoms with Gasteiger partial charge in [-0.05, 0) is 48.0 Å². The molecule has 1 unspecified atom stereocenters. The lowest BCUT2D eigenvalue weighted by Crippen LogP contribution is -2.58. The van der Waals surface area contributed by atoms with Gasteiger partial charge < -0.3 is 14.2 Å². The van der Waals surface area contributed by atoms with Gasteiger partial charge in [0.2, 0.25) is 5.91 Å². The zero-order chi connectivity index (χ0) is 20.7. The van der Waals surface area contributed by atoms with E-state index in [2.05, 4.69) is 4.98 Å². The molecule has 0 aliphatic carbocycles. The normalized spacial score (nSPS) is 20.5.